The first kappa shape index (κ1) is 16.4. The second-order valence-corrected chi connectivity index (χ2v) is 5.84. The number of benzene rings is 1. The van der Waals surface area contributed by atoms with E-state index >= 15 is 0 Å². The minimum Gasteiger partial charge on any atom is -0.466 e. The van der Waals surface area contributed by atoms with Crippen molar-refractivity contribution < 1.29 is 22.3 Å². The number of carbonyl (C=O) groups excluding carboxylic acids is 1. The molecular weight excluding hydrogens is 287 g/mol. The first-order valence-corrected chi connectivity index (χ1v) is 7.47. The van der Waals surface area contributed by atoms with E-state index in [1.807, 2.05) is 0 Å². The van der Waals surface area contributed by atoms with Gasteiger partial charge in [0.1, 0.15) is 10.7 Å². The van der Waals surface area contributed by atoms with Crippen LogP contribution in [0.1, 0.15) is 18.9 Å². The number of esters is 1. The van der Waals surface area contributed by atoms with Gasteiger partial charge >= 0.3 is 5.97 Å². The van der Waals surface area contributed by atoms with Gasteiger partial charge in [-0.2, -0.15) is 0 Å². The van der Waals surface area contributed by atoms with Crippen molar-refractivity contribution in [3.8, 4) is 0 Å². The van der Waals surface area contributed by atoms with Crippen LogP contribution in [0.15, 0.2) is 17.0 Å². The number of sulfonamides is 1. The molecule has 0 aromatic heterocycles. The van der Waals surface area contributed by atoms with Crippen LogP contribution < -0.4 is 10.5 Å². The molecule has 0 saturated carbocycles. The molecule has 1 aromatic carbocycles. The van der Waals surface area contributed by atoms with Crippen molar-refractivity contribution in [2.24, 2.45) is 0 Å². The van der Waals surface area contributed by atoms with Gasteiger partial charge in [-0.05, 0) is 31.5 Å². The summed E-state index contributed by atoms with van der Waals surface area (Å²) in [6, 6.07) is 2.38. The Morgan fingerprint density at radius 3 is 2.70 bits per heavy atom. The highest BCUT2D eigenvalue weighted by atomic mass is 32.2. The molecule has 0 amide bonds. The van der Waals surface area contributed by atoms with Crippen LogP contribution in [0.3, 0.4) is 0 Å². The molecule has 0 atom stereocenters. The lowest BCUT2D eigenvalue weighted by Crippen LogP contribution is -2.27. The quantitative estimate of drug-likeness (QED) is 0.602. The second kappa shape index (κ2) is 6.67. The zero-order valence-corrected chi connectivity index (χ0v) is 12.1. The fraction of sp³-hybridized carbons (Fsp3) is 0.417. The summed E-state index contributed by atoms with van der Waals surface area (Å²) in [5, 5.41) is 0. The maximum Gasteiger partial charge on any atom is 0.307 e. The Hall–Kier alpha value is -1.67. The minimum absolute atomic E-state index is 0.129. The molecule has 0 fully saturated rings. The maximum atomic E-state index is 13.8. The van der Waals surface area contributed by atoms with Crippen molar-refractivity contribution in [3.05, 3.63) is 23.5 Å². The van der Waals surface area contributed by atoms with Crippen LogP contribution in [0.5, 0.6) is 0 Å². The van der Waals surface area contributed by atoms with E-state index in [4.69, 9.17) is 5.73 Å². The number of nitrogens with two attached hydrogens (primary N) is 1. The molecule has 0 aliphatic carbocycles. The Morgan fingerprint density at radius 2 is 2.10 bits per heavy atom. The highest BCUT2D eigenvalue weighted by Crippen LogP contribution is 2.21. The second-order valence-electron chi connectivity index (χ2n) is 4.10. The molecule has 1 rings (SSSR count). The number of nitrogen functional groups attached to an aromatic ring is 1. The van der Waals surface area contributed by atoms with Crippen LogP contribution >= 0.6 is 0 Å². The summed E-state index contributed by atoms with van der Waals surface area (Å²) in [6.07, 6.45) is -0.129. The van der Waals surface area contributed by atoms with E-state index in [9.17, 15) is 17.6 Å². The third-order valence-electron chi connectivity index (χ3n) is 2.46. The van der Waals surface area contributed by atoms with Gasteiger partial charge in [-0.15, -0.1) is 0 Å². The first-order chi connectivity index (χ1) is 9.27. The van der Waals surface area contributed by atoms with E-state index in [1.165, 1.54) is 13.0 Å². The Balaban J connectivity index is 2.82. The molecule has 112 valence electrons. The standard InChI is InChI=1S/C12H17FN2O4S/c1-3-19-11(16)4-5-15-20(17,18)10-7-9(14)6-8(2)12(10)13/h6-7,15H,3-5,14H2,1-2H3. The lowest BCUT2D eigenvalue weighted by Gasteiger charge is -2.10. The van der Waals surface area contributed by atoms with Crippen molar-refractivity contribution in [2.75, 3.05) is 18.9 Å². The minimum atomic E-state index is -4.06. The third kappa shape index (κ3) is 4.17. The predicted octanol–water partition coefficient (Wildman–Crippen LogP) is 0.948. The number of hydrogen-bond donors (Lipinski definition) is 2. The number of nitrogens with one attached hydrogen (secondary N) is 1. The number of aryl methyl sites for hydroxylation is 1. The van der Waals surface area contributed by atoms with E-state index in [-0.39, 0.29) is 30.8 Å². The predicted molar refractivity (Wildman–Crippen MR) is 72.0 cm³/mol. The summed E-state index contributed by atoms with van der Waals surface area (Å²) < 4.78 is 44.5. The summed E-state index contributed by atoms with van der Waals surface area (Å²) in [4.78, 5) is 10.6. The van der Waals surface area contributed by atoms with Crippen LogP contribution in [0, 0.1) is 12.7 Å². The normalized spacial score (nSPS) is 11.3. The van der Waals surface area contributed by atoms with Gasteiger partial charge < -0.3 is 10.5 Å². The smallest absolute Gasteiger partial charge is 0.307 e. The number of rotatable bonds is 6. The van der Waals surface area contributed by atoms with Gasteiger partial charge in [0.05, 0.1) is 13.0 Å². The Kier molecular flexibility index (Phi) is 5.46. The van der Waals surface area contributed by atoms with Gasteiger partial charge in [-0.1, -0.05) is 0 Å². The Bertz CT molecular complexity index is 602. The summed E-state index contributed by atoms with van der Waals surface area (Å²) in [7, 11) is -4.06. The maximum absolute atomic E-state index is 13.8. The fourth-order valence-electron chi connectivity index (χ4n) is 1.56. The number of ether oxygens (including phenoxy) is 1. The van der Waals surface area contributed by atoms with E-state index < -0.39 is 26.7 Å². The first-order valence-electron chi connectivity index (χ1n) is 5.99. The van der Waals surface area contributed by atoms with Crippen molar-refractivity contribution in [2.45, 2.75) is 25.2 Å². The van der Waals surface area contributed by atoms with E-state index in [2.05, 4.69) is 9.46 Å². The monoisotopic (exact) mass is 304 g/mol. The largest absolute Gasteiger partial charge is 0.466 e. The van der Waals surface area contributed by atoms with Crippen LogP contribution in [0.4, 0.5) is 10.1 Å². The fourth-order valence-corrected chi connectivity index (χ4v) is 2.77. The number of hydrogen-bond acceptors (Lipinski definition) is 5. The SMILES string of the molecule is CCOC(=O)CCNS(=O)(=O)c1cc(N)cc(C)c1F. The molecule has 3 N–H and O–H groups in total. The van der Waals surface area contributed by atoms with Crippen molar-refractivity contribution in [1.29, 1.82) is 0 Å². The molecule has 0 spiro atoms. The zero-order valence-electron chi connectivity index (χ0n) is 11.3. The van der Waals surface area contributed by atoms with Gasteiger partial charge in [0.15, 0.2) is 0 Å². The number of carbonyl (C=O) groups is 1. The summed E-state index contributed by atoms with van der Waals surface area (Å²) in [5.41, 5.74) is 5.79. The molecule has 0 heterocycles. The molecule has 0 saturated heterocycles. The molecule has 20 heavy (non-hydrogen) atoms. The van der Waals surface area contributed by atoms with Crippen LogP contribution in [-0.2, 0) is 19.6 Å². The average Bonchev–Trinajstić information content (AvgIpc) is 2.33. The van der Waals surface area contributed by atoms with Gasteiger partial charge in [-0.3, -0.25) is 4.79 Å². The van der Waals surface area contributed by atoms with Crippen LogP contribution in [0.2, 0.25) is 0 Å². The number of halogens is 1. The van der Waals surface area contributed by atoms with E-state index in [0.717, 1.165) is 6.07 Å². The highest BCUT2D eigenvalue weighted by Gasteiger charge is 2.21. The Labute approximate surface area is 117 Å². The third-order valence-corrected chi connectivity index (χ3v) is 3.92. The molecule has 0 radical (unpaired) electrons. The van der Waals surface area contributed by atoms with Gasteiger partial charge in [0, 0.05) is 12.2 Å². The molecule has 1 aromatic rings. The lowest BCUT2D eigenvalue weighted by molar-refractivity contribution is -0.142. The molecule has 6 nitrogen and oxygen atoms in total. The van der Waals surface area contributed by atoms with E-state index in [1.54, 1.807) is 6.92 Å². The lowest BCUT2D eigenvalue weighted by atomic mass is 10.2. The number of anilines is 1. The molecule has 0 unspecified atom stereocenters. The molecule has 0 bridgehead atoms. The van der Waals surface area contributed by atoms with Crippen LogP contribution in [-0.4, -0.2) is 27.5 Å². The zero-order chi connectivity index (χ0) is 15.3. The van der Waals surface area contributed by atoms with Crippen molar-refractivity contribution >= 4 is 21.7 Å². The van der Waals surface area contributed by atoms with Gasteiger partial charge in [0.25, 0.3) is 0 Å². The average molecular weight is 304 g/mol. The Morgan fingerprint density at radius 1 is 1.45 bits per heavy atom. The van der Waals surface area contributed by atoms with Crippen LogP contribution in [0.25, 0.3) is 0 Å². The van der Waals surface area contributed by atoms with Crippen molar-refractivity contribution in [3.63, 3.8) is 0 Å². The van der Waals surface area contributed by atoms with Crippen molar-refractivity contribution in [1.82, 2.24) is 4.72 Å². The molecule has 0 aliphatic heterocycles. The molecular formula is C12H17FN2O4S. The summed E-state index contributed by atoms with van der Waals surface area (Å²) in [6.45, 7) is 3.11. The topological polar surface area (TPSA) is 98.5 Å². The van der Waals surface area contributed by atoms with E-state index in [0.29, 0.717) is 0 Å². The van der Waals surface area contributed by atoms with Gasteiger partial charge in [0.2, 0.25) is 10.0 Å². The summed E-state index contributed by atoms with van der Waals surface area (Å²) in [5.74, 6) is -1.39. The molecule has 0 aliphatic rings. The summed E-state index contributed by atoms with van der Waals surface area (Å²) >= 11 is 0. The van der Waals surface area contributed by atoms with Gasteiger partial charge in [-0.25, -0.2) is 17.5 Å². The highest BCUT2D eigenvalue weighted by molar-refractivity contribution is 7.89. The molecule has 8 heteroatoms.